The number of hydrogen-bond donors (Lipinski definition) is 2. The molecule has 0 atom stereocenters. The second-order valence-electron chi connectivity index (χ2n) is 8.05. The Morgan fingerprint density at radius 2 is 1.71 bits per heavy atom. The lowest BCUT2D eigenvalue weighted by molar-refractivity contribution is -0.139. The molecule has 3 aromatic rings. The third-order valence-electron chi connectivity index (χ3n) is 6.42. The molecule has 8 nitrogen and oxygen atoms in total. The van der Waals surface area contributed by atoms with Gasteiger partial charge in [-0.25, -0.2) is 9.97 Å². The normalized spacial score (nSPS) is 19.0. The Balaban J connectivity index is 1.37. The Labute approximate surface area is 189 Å². The molecule has 5 rings (SSSR count). The summed E-state index contributed by atoms with van der Waals surface area (Å²) in [5.41, 5.74) is 1.09. The first-order valence-electron chi connectivity index (χ1n) is 10.4. The topological polar surface area (TPSA) is 90.0 Å². The number of aromatic nitrogens is 4. The lowest BCUT2D eigenvalue weighted by atomic mass is 9.72. The molecule has 1 aromatic carbocycles. The number of benzene rings is 1. The summed E-state index contributed by atoms with van der Waals surface area (Å²) in [6.45, 7) is 4.26. The van der Waals surface area contributed by atoms with Gasteiger partial charge in [0.1, 0.15) is 22.7 Å². The summed E-state index contributed by atoms with van der Waals surface area (Å²) in [7, 11) is 0. The van der Waals surface area contributed by atoms with Crippen LogP contribution in [0, 0.1) is 0 Å². The molecule has 2 aliphatic rings. The molecule has 2 aromatic heterocycles. The number of piperazine rings is 1. The van der Waals surface area contributed by atoms with E-state index in [2.05, 4.69) is 30.4 Å². The molecule has 0 bridgehead atoms. The number of aromatic amines is 1. The van der Waals surface area contributed by atoms with Gasteiger partial charge in [0.2, 0.25) is 5.91 Å². The number of hydrogen-bond acceptors (Lipinski definition) is 6. The van der Waals surface area contributed by atoms with E-state index in [1.54, 1.807) is 0 Å². The van der Waals surface area contributed by atoms with Gasteiger partial charge in [-0.2, -0.15) is 5.10 Å². The molecule has 2 fully saturated rings. The minimum atomic E-state index is -0.506. The maximum Gasteiger partial charge on any atom is 0.233 e. The fourth-order valence-electron chi connectivity index (χ4n) is 4.72. The zero-order valence-electron chi connectivity index (χ0n) is 16.9. The van der Waals surface area contributed by atoms with E-state index >= 15 is 0 Å². The Kier molecular flexibility index (Phi) is 5.45. The summed E-state index contributed by atoms with van der Waals surface area (Å²) in [5, 5.41) is 12.1. The lowest BCUT2D eigenvalue weighted by Crippen LogP contribution is -2.57. The summed E-state index contributed by atoms with van der Waals surface area (Å²) in [6.07, 6.45) is 3.06. The molecule has 0 aliphatic carbocycles. The van der Waals surface area contributed by atoms with Crippen molar-refractivity contribution < 1.29 is 4.79 Å². The van der Waals surface area contributed by atoms with Crippen molar-refractivity contribution in [2.24, 2.45) is 0 Å². The van der Waals surface area contributed by atoms with Gasteiger partial charge in [0.15, 0.2) is 5.65 Å². The first-order chi connectivity index (χ1) is 15.1. The summed E-state index contributed by atoms with van der Waals surface area (Å²) >= 11 is 12.4. The number of nitrogens with zero attached hydrogens (tertiary/aromatic N) is 5. The van der Waals surface area contributed by atoms with Crippen molar-refractivity contribution in [1.29, 1.82) is 0 Å². The van der Waals surface area contributed by atoms with Gasteiger partial charge in [-0.15, -0.1) is 0 Å². The third kappa shape index (κ3) is 3.62. The highest BCUT2D eigenvalue weighted by Crippen LogP contribution is 2.37. The van der Waals surface area contributed by atoms with Crippen molar-refractivity contribution in [2.45, 2.75) is 18.3 Å². The summed E-state index contributed by atoms with van der Waals surface area (Å²) < 4.78 is 0. The van der Waals surface area contributed by atoms with E-state index in [0.717, 1.165) is 42.7 Å². The molecule has 2 N–H and O–H groups in total. The van der Waals surface area contributed by atoms with Crippen LogP contribution in [0.1, 0.15) is 18.4 Å². The highest BCUT2D eigenvalue weighted by molar-refractivity contribution is 6.35. The Morgan fingerprint density at radius 3 is 2.42 bits per heavy atom. The van der Waals surface area contributed by atoms with Crippen LogP contribution in [0.4, 0.5) is 5.82 Å². The van der Waals surface area contributed by atoms with Crippen molar-refractivity contribution in [3.63, 3.8) is 0 Å². The SMILES string of the molecule is O=C(N1CCN(c2ncnc3n[nH]c(Cl)c23)CC1)C1(c2ccc(Cl)cc2)CCNCC1. The fourth-order valence-corrected chi connectivity index (χ4v) is 5.06. The summed E-state index contributed by atoms with van der Waals surface area (Å²) in [6, 6.07) is 7.75. The predicted molar refractivity (Wildman–Crippen MR) is 121 cm³/mol. The van der Waals surface area contributed by atoms with Crippen LogP contribution in [0.3, 0.4) is 0 Å². The van der Waals surface area contributed by atoms with Gasteiger partial charge in [-0.05, 0) is 43.6 Å². The largest absolute Gasteiger partial charge is 0.352 e. The van der Waals surface area contributed by atoms with E-state index in [4.69, 9.17) is 23.2 Å². The molecule has 0 unspecified atom stereocenters. The highest BCUT2D eigenvalue weighted by atomic mass is 35.5. The van der Waals surface area contributed by atoms with Gasteiger partial charge in [0.25, 0.3) is 0 Å². The zero-order valence-corrected chi connectivity index (χ0v) is 18.5. The molecule has 31 heavy (non-hydrogen) atoms. The average molecular weight is 460 g/mol. The molecule has 10 heteroatoms. The average Bonchev–Trinajstić information content (AvgIpc) is 3.21. The van der Waals surface area contributed by atoms with Gasteiger partial charge in [0.05, 0.1) is 5.41 Å². The van der Waals surface area contributed by atoms with Crippen molar-refractivity contribution >= 4 is 46.0 Å². The first kappa shape index (κ1) is 20.5. The molecule has 2 saturated heterocycles. The second-order valence-corrected chi connectivity index (χ2v) is 8.87. The van der Waals surface area contributed by atoms with Crippen LogP contribution in [-0.4, -0.2) is 70.2 Å². The number of fused-ring (bicyclic) bond motifs is 1. The molecular weight excluding hydrogens is 437 g/mol. The van der Waals surface area contributed by atoms with Gasteiger partial charge in [0, 0.05) is 31.2 Å². The maximum absolute atomic E-state index is 13.8. The smallest absolute Gasteiger partial charge is 0.233 e. The Hall–Kier alpha value is -2.42. The van der Waals surface area contributed by atoms with E-state index in [1.165, 1.54) is 6.33 Å². The molecule has 0 spiro atoms. The van der Waals surface area contributed by atoms with E-state index in [9.17, 15) is 4.79 Å². The number of carbonyl (C=O) groups is 1. The molecule has 162 valence electrons. The zero-order chi connectivity index (χ0) is 21.4. The Bertz CT molecular complexity index is 1090. The third-order valence-corrected chi connectivity index (χ3v) is 6.94. The van der Waals surface area contributed by atoms with Crippen molar-refractivity contribution in [2.75, 3.05) is 44.2 Å². The molecule has 0 radical (unpaired) electrons. The van der Waals surface area contributed by atoms with Gasteiger partial charge in [-0.1, -0.05) is 35.3 Å². The van der Waals surface area contributed by atoms with E-state index < -0.39 is 5.41 Å². The van der Waals surface area contributed by atoms with Crippen LogP contribution in [0.25, 0.3) is 11.0 Å². The molecule has 0 saturated carbocycles. The number of amides is 1. The van der Waals surface area contributed by atoms with Crippen LogP contribution in [0.2, 0.25) is 10.2 Å². The second kappa shape index (κ2) is 8.26. The van der Waals surface area contributed by atoms with Crippen LogP contribution in [0.5, 0.6) is 0 Å². The quantitative estimate of drug-likeness (QED) is 0.625. The summed E-state index contributed by atoms with van der Waals surface area (Å²) in [5.74, 6) is 0.954. The minimum absolute atomic E-state index is 0.199. The van der Waals surface area contributed by atoms with Crippen molar-refractivity contribution in [3.05, 3.63) is 46.3 Å². The number of piperidine rings is 1. The lowest BCUT2D eigenvalue weighted by Gasteiger charge is -2.43. The Morgan fingerprint density at radius 1 is 1.00 bits per heavy atom. The number of anilines is 1. The van der Waals surface area contributed by atoms with Crippen molar-refractivity contribution in [1.82, 2.24) is 30.4 Å². The van der Waals surface area contributed by atoms with Crippen LogP contribution >= 0.6 is 23.2 Å². The standard InChI is InChI=1S/C21H23Cl2N7O/c22-15-3-1-14(2-4-15)21(5-7-24-8-6-21)20(31)30-11-9-29(10-12-30)19-16-17(23)27-28-18(16)25-13-26-19/h1-4,13,24H,5-12H2,(H,25,26,27,28). The van der Waals surface area contributed by atoms with E-state index in [-0.39, 0.29) is 5.91 Å². The number of halogens is 2. The van der Waals surface area contributed by atoms with Crippen molar-refractivity contribution in [3.8, 4) is 0 Å². The van der Waals surface area contributed by atoms with Gasteiger partial charge >= 0.3 is 0 Å². The van der Waals surface area contributed by atoms with Crippen LogP contribution in [0.15, 0.2) is 30.6 Å². The number of rotatable bonds is 3. The molecular formula is C21H23Cl2N7O. The predicted octanol–water partition coefficient (Wildman–Crippen LogP) is 2.63. The van der Waals surface area contributed by atoms with Crippen LogP contribution in [-0.2, 0) is 10.2 Å². The number of nitrogens with one attached hydrogen (secondary N) is 2. The van der Waals surface area contributed by atoms with Gasteiger partial charge in [-0.3, -0.25) is 9.89 Å². The minimum Gasteiger partial charge on any atom is -0.352 e. The van der Waals surface area contributed by atoms with Crippen LogP contribution < -0.4 is 10.2 Å². The molecule has 2 aliphatic heterocycles. The van der Waals surface area contributed by atoms with E-state index in [0.29, 0.717) is 42.0 Å². The van der Waals surface area contributed by atoms with E-state index in [1.807, 2.05) is 29.2 Å². The van der Waals surface area contributed by atoms with Gasteiger partial charge < -0.3 is 15.1 Å². The summed E-state index contributed by atoms with van der Waals surface area (Å²) in [4.78, 5) is 26.6. The molecule has 4 heterocycles. The number of carbonyl (C=O) groups excluding carboxylic acids is 1. The first-order valence-corrected chi connectivity index (χ1v) is 11.2. The maximum atomic E-state index is 13.8. The highest BCUT2D eigenvalue weighted by Gasteiger charge is 2.44. The number of H-pyrrole nitrogens is 1. The monoisotopic (exact) mass is 459 g/mol. The molecule has 1 amide bonds. The fraction of sp³-hybridized carbons (Fsp3) is 0.429.